The molecular formula is C22H20N2O2. The van der Waals surface area contributed by atoms with E-state index in [-0.39, 0.29) is 0 Å². The Balaban J connectivity index is 1.50. The Bertz CT molecular complexity index is 986. The van der Waals surface area contributed by atoms with Gasteiger partial charge in [0.15, 0.2) is 0 Å². The number of hydrogen-bond donors (Lipinski definition) is 0. The molecule has 130 valence electrons. The lowest BCUT2D eigenvalue weighted by Gasteiger charge is -2.09. The number of rotatable bonds is 7. The summed E-state index contributed by atoms with van der Waals surface area (Å²) in [6.45, 7) is 1.50. The highest BCUT2D eigenvalue weighted by atomic mass is 16.5. The van der Waals surface area contributed by atoms with Gasteiger partial charge in [-0.3, -0.25) is 0 Å². The number of aromatic nitrogens is 2. The van der Waals surface area contributed by atoms with E-state index in [1.54, 1.807) is 6.26 Å². The Morgan fingerprint density at radius 1 is 0.923 bits per heavy atom. The first kappa shape index (κ1) is 16.2. The van der Waals surface area contributed by atoms with E-state index in [9.17, 15) is 0 Å². The van der Waals surface area contributed by atoms with E-state index in [0.29, 0.717) is 6.61 Å². The van der Waals surface area contributed by atoms with Crippen molar-refractivity contribution in [1.29, 1.82) is 0 Å². The number of ether oxygens (including phenoxy) is 1. The van der Waals surface area contributed by atoms with Crippen molar-refractivity contribution in [2.75, 3.05) is 6.61 Å². The molecule has 0 atom stereocenters. The molecule has 26 heavy (non-hydrogen) atoms. The van der Waals surface area contributed by atoms with Gasteiger partial charge < -0.3 is 13.7 Å². The molecule has 0 N–H and O–H groups in total. The SMILES string of the molecule is C(=C\c1nc2ccccc2n1CCCOc1ccccc1)/c1ccco1. The van der Waals surface area contributed by atoms with Gasteiger partial charge in [-0.1, -0.05) is 30.3 Å². The molecule has 0 saturated carbocycles. The highest BCUT2D eigenvalue weighted by Gasteiger charge is 2.08. The van der Waals surface area contributed by atoms with Crippen LogP contribution in [0.5, 0.6) is 5.75 Å². The van der Waals surface area contributed by atoms with Gasteiger partial charge in [-0.2, -0.15) is 0 Å². The molecule has 4 rings (SSSR count). The zero-order chi connectivity index (χ0) is 17.6. The molecule has 4 aromatic rings. The lowest BCUT2D eigenvalue weighted by atomic mass is 10.3. The van der Waals surface area contributed by atoms with Crippen LogP contribution in [0.4, 0.5) is 0 Å². The Hall–Kier alpha value is -3.27. The highest BCUT2D eigenvalue weighted by Crippen LogP contribution is 2.19. The van der Waals surface area contributed by atoms with Crippen molar-refractivity contribution >= 4 is 23.2 Å². The van der Waals surface area contributed by atoms with Crippen LogP contribution in [0.15, 0.2) is 77.4 Å². The molecule has 0 aliphatic rings. The van der Waals surface area contributed by atoms with E-state index in [1.165, 1.54) is 0 Å². The average molecular weight is 344 g/mol. The molecule has 0 bridgehead atoms. The zero-order valence-electron chi connectivity index (χ0n) is 14.4. The van der Waals surface area contributed by atoms with Gasteiger partial charge in [0.25, 0.3) is 0 Å². The van der Waals surface area contributed by atoms with Gasteiger partial charge in [-0.25, -0.2) is 4.98 Å². The molecule has 4 nitrogen and oxygen atoms in total. The summed E-state index contributed by atoms with van der Waals surface area (Å²) in [4.78, 5) is 4.74. The van der Waals surface area contributed by atoms with E-state index in [1.807, 2.05) is 72.8 Å². The largest absolute Gasteiger partial charge is 0.494 e. The lowest BCUT2D eigenvalue weighted by molar-refractivity contribution is 0.302. The third-order valence-electron chi connectivity index (χ3n) is 4.16. The fraction of sp³-hybridized carbons (Fsp3) is 0.136. The molecule has 0 radical (unpaired) electrons. The summed E-state index contributed by atoms with van der Waals surface area (Å²) in [6.07, 6.45) is 6.51. The smallest absolute Gasteiger partial charge is 0.133 e. The fourth-order valence-electron chi connectivity index (χ4n) is 2.93. The maximum Gasteiger partial charge on any atom is 0.133 e. The van der Waals surface area contributed by atoms with Gasteiger partial charge in [0.05, 0.1) is 23.9 Å². The van der Waals surface area contributed by atoms with Crippen LogP contribution in [0.25, 0.3) is 23.2 Å². The summed E-state index contributed by atoms with van der Waals surface area (Å²) in [5, 5.41) is 0. The standard InChI is InChI=1S/C22H20N2O2/c1-2-8-18(9-3-1)26-17-7-15-24-21-12-5-4-11-20(21)23-22(24)14-13-19-10-6-16-25-19/h1-6,8-14,16H,7,15,17H2/b14-13+. The van der Waals surface area contributed by atoms with Crippen molar-refractivity contribution in [3.8, 4) is 5.75 Å². The second-order valence-electron chi connectivity index (χ2n) is 5.97. The summed E-state index contributed by atoms with van der Waals surface area (Å²) in [5.74, 6) is 2.64. The number of aryl methyl sites for hydroxylation is 1. The van der Waals surface area contributed by atoms with Crippen LogP contribution in [0, 0.1) is 0 Å². The van der Waals surface area contributed by atoms with E-state index >= 15 is 0 Å². The maximum absolute atomic E-state index is 5.81. The molecule has 0 unspecified atom stereocenters. The van der Waals surface area contributed by atoms with Crippen molar-refractivity contribution in [3.05, 3.63) is 84.6 Å². The lowest BCUT2D eigenvalue weighted by Crippen LogP contribution is -2.06. The number of para-hydroxylation sites is 3. The number of nitrogens with zero attached hydrogens (tertiary/aromatic N) is 2. The van der Waals surface area contributed by atoms with Crippen molar-refractivity contribution in [1.82, 2.24) is 9.55 Å². The monoisotopic (exact) mass is 344 g/mol. The number of imidazole rings is 1. The summed E-state index contributed by atoms with van der Waals surface area (Å²) < 4.78 is 13.4. The topological polar surface area (TPSA) is 40.2 Å². The second-order valence-corrected chi connectivity index (χ2v) is 5.97. The van der Waals surface area contributed by atoms with Gasteiger partial charge in [-0.05, 0) is 55.0 Å². The first-order valence-corrected chi connectivity index (χ1v) is 8.75. The van der Waals surface area contributed by atoms with Gasteiger partial charge in [-0.15, -0.1) is 0 Å². The Morgan fingerprint density at radius 3 is 2.62 bits per heavy atom. The molecule has 2 heterocycles. The van der Waals surface area contributed by atoms with Crippen molar-refractivity contribution in [2.24, 2.45) is 0 Å². The van der Waals surface area contributed by atoms with E-state index < -0.39 is 0 Å². The van der Waals surface area contributed by atoms with Crippen LogP contribution in [-0.4, -0.2) is 16.2 Å². The number of hydrogen-bond acceptors (Lipinski definition) is 3. The van der Waals surface area contributed by atoms with Crippen LogP contribution < -0.4 is 4.74 Å². The third-order valence-corrected chi connectivity index (χ3v) is 4.16. The van der Waals surface area contributed by atoms with Crippen LogP contribution in [0.1, 0.15) is 18.0 Å². The molecule has 0 amide bonds. The summed E-state index contributed by atoms with van der Waals surface area (Å²) >= 11 is 0. The normalized spacial score (nSPS) is 11.4. The van der Waals surface area contributed by atoms with Crippen molar-refractivity contribution < 1.29 is 9.15 Å². The van der Waals surface area contributed by atoms with E-state index in [4.69, 9.17) is 14.1 Å². The second kappa shape index (κ2) is 7.74. The van der Waals surface area contributed by atoms with E-state index in [0.717, 1.165) is 41.3 Å². The Morgan fingerprint density at radius 2 is 1.77 bits per heavy atom. The van der Waals surface area contributed by atoms with Crippen molar-refractivity contribution in [3.63, 3.8) is 0 Å². The van der Waals surface area contributed by atoms with Gasteiger partial charge in [0.2, 0.25) is 0 Å². The molecular weight excluding hydrogens is 324 g/mol. The minimum atomic E-state index is 0.665. The maximum atomic E-state index is 5.81. The highest BCUT2D eigenvalue weighted by molar-refractivity contribution is 5.79. The van der Waals surface area contributed by atoms with E-state index in [2.05, 4.69) is 10.6 Å². The number of furan rings is 1. The fourth-order valence-corrected chi connectivity index (χ4v) is 2.93. The van der Waals surface area contributed by atoms with Gasteiger partial charge in [0, 0.05) is 6.54 Å². The minimum absolute atomic E-state index is 0.665. The first-order valence-electron chi connectivity index (χ1n) is 8.75. The molecule has 4 heteroatoms. The molecule has 2 aromatic carbocycles. The average Bonchev–Trinajstić information content (AvgIpc) is 3.32. The molecule has 0 aliphatic carbocycles. The Kier molecular flexibility index (Phi) is 4.83. The van der Waals surface area contributed by atoms with Gasteiger partial charge >= 0.3 is 0 Å². The minimum Gasteiger partial charge on any atom is -0.494 e. The third kappa shape index (κ3) is 3.70. The van der Waals surface area contributed by atoms with Crippen LogP contribution >= 0.6 is 0 Å². The summed E-state index contributed by atoms with van der Waals surface area (Å²) in [6, 6.07) is 21.9. The number of benzene rings is 2. The van der Waals surface area contributed by atoms with Gasteiger partial charge in [0.1, 0.15) is 17.3 Å². The predicted octanol–water partition coefficient (Wildman–Crippen LogP) is 5.27. The number of fused-ring (bicyclic) bond motifs is 1. The molecule has 0 saturated heterocycles. The first-order chi connectivity index (χ1) is 12.9. The van der Waals surface area contributed by atoms with Crippen LogP contribution in [-0.2, 0) is 6.54 Å². The Labute approximate surface area is 152 Å². The predicted molar refractivity (Wildman–Crippen MR) is 104 cm³/mol. The molecule has 0 aliphatic heterocycles. The van der Waals surface area contributed by atoms with Crippen molar-refractivity contribution in [2.45, 2.75) is 13.0 Å². The zero-order valence-corrected chi connectivity index (χ0v) is 14.4. The molecule has 2 aromatic heterocycles. The van der Waals surface area contributed by atoms with Crippen LogP contribution in [0.2, 0.25) is 0 Å². The molecule has 0 spiro atoms. The van der Waals surface area contributed by atoms with Crippen LogP contribution in [0.3, 0.4) is 0 Å². The summed E-state index contributed by atoms with van der Waals surface area (Å²) in [7, 11) is 0. The summed E-state index contributed by atoms with van der Waals surface area (Å²) in [5.41, 5.74) is 2.13. The molecule has 0 fully saturated rings. The quantitative estimate of drug-likeness (QED) is 0.429.